The van der Waals surface area contributed by atoms with E-state index in [0.717, 1.165) is 70.2 Å². The molecule has 0 radical (unpaired) electrons. The molecule has 0 saturated heterocycles. The summed E-state index contributed by atoms with van der Waals surface area (Å²) < 4.78 is 0. The van der Waals surface area contributed by atoms with E-state index < -0.39 is 32.3 Å². The van der Waals surface area contributed by atoms with E-state index in [9.17, 15) is 0 Å². The average Bonchev–Trinajstić information content (AvgIpc) is 3.19. The molecule has 0 bridgehead atoms. The molecule has 1 aliphatic rings. The largest absolute Gasteiger partial charge is 0.289 e. The zero-order valence-corrected chi connectivity index (χ0v) is 40.3. The monoisotopic (exact) mass is 777 g/mol. The van der Waals surface area contributed by atoms with Crippen LogP contribution >= 0.6 is 0 Å². The summed E-state index contributed by atoms with van der Waals surface area (Å²) in [5.74, 6) is 0.364. The van der Waals surface area contributed by atoms with Crippen LogP contribution in [0.15, 0.2) is 24.3 Å². The van der Waals surface area contributed by atoms with Crippen LogP contribution in [0.1, 0.15) is 137 Å². The Kier molecular flexibility index (Phi) is 17.3. The van der Waals surface area contributed by atoms with Crippen molar-refractivity contribution in [2.75, 3.05) is 0 Å². The van der Waals surface area contributed by atoms with Crippen LogP contribution in [0.3, 0.4) is 0 Å². The van der Waals surface area contributed by atoms with Gasteiger partial charge in [0.25, 0.3) is 0 Å². The predicted octanol–water partition coefficient (Wildman–Crippen LogP) is 14.7. The van der Waals surface area contributed by atoms with Gasteiger partial charge in [-0.25, -0.2) is 0 Å². The van der Waals surface area contributed by atoms with Crippen molar-refractivity contribution in [3.05, 3.63) is 68.8 Å². The van der Waals surface area contributed by atoms with E-state index in [1.807, 2.05) is 0 Å². The Morgan fingerprint density at radius 2 is 0.462 bits per heavy atom. The fourth-order valence-electron chi connectivity index (χ4n) is 10.2. The third-order valence-corrected chi connectivity index (χ3v) is 39.6. The molecular weight excluding hydrogens is 697 g/mol. The van der Waals surface area contributed by atoms with Crippen molar-refractivity contribution in [2.24, 2.45) is 0 Å². The highest BCUT2D eigenvalue weighted by Crippen LogP contribution is 2.41. The first-order valence-electron chi connectivity index (χ1n) is 22.3. The molecular formula is C46H80O2Si4. The van der Waals surface area contributed by atoms with Crippen molar-refractivity contribution in [1.82, 2.24) is 0 Å². The molecule has 0 spiro atoms. The Bertz CT molecular complexity index is 1230. The zero-order chi connectivity index (χ0) is 38.7. The summed E-state index contributed by atoms with van der Waals surface area (Å²) in [5.41, 5.74) is 7.85. The van der Waals surface area contributed by atoms with Crippen LogP contribution < -0.4 is 0 Å². The molecule has 0 atom stereocenters. The second-order valence-electron chi connectivity index (χ2n) is 17.2. The third kappa shape index (κ3) is 9.36. The van der Waals surface area contributed by atoms with E-state index in [2.05, 4.69) is 107 Å². The van der Waals surface area contributed by atoms with Gasteiger partial charge in [0.1, 0.15) is 0 Å². The topological polar surface area (TPSA) is 34.1 Å². The molecule has 6 heteroatoms. The first-order valence-corrected chi connectivity index (χ1v) is 33.6. The molecule has 0 N–H and O–H groups in total. The van der Waals surface area contributed by atoms with Crippen LogP contribution in [0.5, 0.6) is 0 Å². The standard InChI is InChI=1S/C46H80O2Si4/c1-13-49(14-2,15-3)33-29-37-25-26-38(30-34-50(16-4,17-5)18-6)42-41(37)45(47)43-39(31-35-51(19-7,20-8)21-9)27-28-40(44(43)46(42)48)32-36-52(22-10,23-11)24-12/h25-28H,13-24,29-36H2,1-12H3. The molecule has 0 saturated carbocycles. The number of carbonyl (C=O) groups is 2. The van der Waals surface area contributed by atoms with Gasteiger partial charge in [-0.3, -0.25) is 9.59 Å². The SMILES string of the molecule is CC[Si](CC)(CC)CCc1ccc(CC[Si](CC)(CC)CC)c2c1C(=O)c1c(CC[Si](CC)(CC)CC)ccc(CC[Si](CC)(CC)CC)c1C2=O. The molecule has 3 rings (SSSR count). The molecule has 2 nitrogen and oxygen atoms in total. The summed E-state index contributed by atoms with van der Waals surface area (Å²) in [6.07, 6.45) is 3.72. The van der Waals surface area contributed by atoms with E-state index in [0.29, 0.717) is 0 Å². The van der Waals surface area contributed by atoms with Gasteiger partial charge < -0.3 is 0 Å². The lowest BCUT2D eigenvalue weighted by Crippen LogP contribution is -2.34. The van der Waals surface area contributed by atoms with Crippen LogP contribution in [-0.4, -0.2) is 43.9 Å². The van der Waals surface area contributed by atoms with Gasteiger partial charge in [-0.05, 0) is 47.9 Å². The van der Waals surface area contributed by atoms with Gasteiger partial charge in [0.2, 0.25) is 0 Å². The maximum atomic E-state index is 15.5. The van der Waals surface area contributed by atoms with E-state index in [-0.39, 0.29) is 11.6 Å². The Morgan fingerprint density at radius 1 is 0.308 bits per heavy atom. The average molecular weight is 777 g/mol. The second-order valence-corrected chi connectivity index (χ2v) is 39.7. The van der Waals surface area contributed by atoms with E-state index in [1.54, 1.807) is 0 Å². The lowest BCUT2D eigenvalue weighted by molar-refractivity contribution is 0.0976. The molecule has 0 unspecified atom stereocenters. The molecule has 0 heterocycles. The summed E-state index contributed by atoms with van der Waals surface area (Å²) in [6.45, 7) is 28.7. The molecule has 0 aromatic heterocycles. The molecule has 292 valence electrons. The highest BCUT2D eigenvalue weighted by atomic mass is 28.3. The number of benzene rings is 2. The third-order valence-electron chi connectivity index (χ3n) is 16.4. The second kappa shape index (κ2) is 20.0. The van der Waals surface area contributed by atoms with Gasteiger partial charge in [0.15, 0.2) is 11.6 Å². The van der Waals surface area contributed by atoms with Crippen LogP contribution in [0, 0.1) is 0 Å². The number of rotatable bonds is 24. The fourth-order valence-corrected chi connectivity index (χ4v) is 23.7. The number of hydrogen-bond acceptors (Lipinski definition) is 2. The highest BCUT2D eigenvalue weighted by molar-refractivity contribution is 6.81. The number of aryl methyl sites for hydroxylation is 4. The van der Waals surface area contributed by atoms with Crippen LogP contribution in [-0.2, 0) is 25.7 Å². The van der Waals surface area contributed by atoms with Crippen molar-refractivity contribution in [3.8, 4) is 0 Å². The van der Waals surface area contributed by atoms with Gasteiger partial charge in [-0.15, -0.1) is 0 Å². The van der Waals surface area contributed by atoms with Crippen molar-refractivity contribution in [1.29, 1.82) is 0 Å². The van der Waals surface area contributed by atoms with Gasteiger partial charge in [0, 0.05) is 22.3 Å². The first kappa shape index (κ1) is 45.0. The quantitative estimate of drug-likeness (QED) is 0.0849. The highest BCUT2D eigenvalue weighted by Gasteiger charge is 2.39. The Balaban J connectivity index is 2.31. The maximum absolute atomic E-state index is 15.5. The van der Waals surface area contributed by atoms with Gasteiger partial charge in [-0.2, -0.15) is 0 Å². The molecule has 2 aromatic carbocycles. The van der Waals surface area contributed by atoms with Crippen molar-refractivity contribution >= 4 is 43.9 Å². The summed E-state index contributed by atoms with van der Waals surface area (Å²) in [6, 6.07) is 29.5. The maximum Gasteiger partial charge on any atom is 0.195 e. The van der Waals surface area contributed by atoms with E-state index in [1.165, 1.54) is 96.7 Å². The summed E-state index contributed by atoms with van der Waals surface area (Å²) in [4.78, 5) is 31.0. The first-order chi connectivity index (χ1) is 24.9. The number of carbonyl (C=O) groups excluding carboxylic acids is 2. The summed E-state index contributed by atoms with van der Waals surface area (Å²) in [5, 5.41) is 0. The van der Waals surface area contributed by atoms with Crippen LogP contribution in [0.25, 0.3) is 0 Å². The molecule has 2 aromatic rings. The Labute approximate surface area is 326 Å². The van der Waals surface area contributed by atoms with Gasteiger partial charge in [-0.1, -0.05) is 204 Å². The lowest BCUT2D eigenvalue weighted by atomic mass is 9.75. The minimum atomic E-state index is -1.41. The normalized spacial score (nSPS) is 13.8. The van der Waals surface area contributed by atoms with Gasteiger partial charge >= 0.3 is 0 Å². The van der Waals surface area contributed by atoms with Gasteiger partial charge in [0.05, 0.1) is 32.3 Å². The van der Waals surface area contributed by atoms with Crippen LogP contribution in [0.2, 0.25) is 96.7 Å². The minimum absolute atomic E-state index is 0.182. The van der Waals surface area contributed by atoms with Crippen molar-refractivity contribution < 1.29 is 9.59 Å². The zero-order valence-electron chi connectivity index (χ0n) is 36.3. The number of hydrogen-bond donors (Lipinski definition) is 0. The van der Waals surface area contributed by atoms with Crippen LogP contribution in [0.4, 0.5) is 0 Å². The Hall–Kier alpha value is -1.35. The summed E-state index contributed by atoms with van der Waals surface area (Å²) in [7, 11) is -5.65. The minimum Gasteiger partial charge on any atom is -0.289 e. The predicted molar refractivity (Wildman–Crippen MR) is 243 cm³/mol. The Morgan fingerprint density at radius 3 is 0.596 bits per heavy atom. The lowest BCUT2D eigenvalue weighted by Gasteiger charge is -2.32. The van der Waals surface area contributed by atoms with Crippen molar-refractivity contribution in [2.45, 2.75) is 205 Å². The van der Waals surface area contributed by atoms with E-state index >= 15 is 9.59 Å². The molecule has 52 heavy (non-hydrogen) atoms. The smallest absolute Gasteiger partial charge is 0.195 e. The molecule has 1 aliphatic carbocycles. The number of ketones is 2. The van der Waals surface area contributed by atoms with Crippen molar-refractivity contribution in [3.63, 3.8) is 0 Å². The molecule has 0 amide bonds. The fraction of sp³-hybridized carbons (Fsp3) is 0.696. The molecule has 0 aliphatic heterocycles. The number of fused-ring (bicyclic) bond motifs is 2. The molecule has 0 fully saturated rings. The summed E-state index contributed by atoms with van der Waals surface area (Å²) >= 11 is 0. The van der Waals surface area contributed by atoms with E-state index in [4.69, 9.17) is 0 Å².